The molecular formula is C20H29N5O2S2. The van der Waals surface area contributed by atoms with Gasteiger partial charge in [0.2, 0.25) is 10.0 Å². The molecule has 1 aliphatic heterocycles. The van der Waals surface area contributed by atoms with Crippen molar-refractivity contribution in [1.82, 2.24) is 19.9 Å². The number of hydrogen-bond donors (Lipinski definition) is 2. The number of aromatic nitrogens is 1. The second-order valence-corrected chi connectivity index (χ2v) is 10.3. The van der Waals surface area contributed by atoms with Crippen LogP contribution in [-0.4, -0.2) is 50.3 Å². The van der Waals surface area contributed by atoms with E-state index in [1.54, 1.807) is 34.8 Å². The molecule has 7 nitrogen and oxygen atoms in total. The molecule has 9 heteroatoms. The minimum Gasteiger partial charge on any atom is -0.356 e. The molecule has 0 unspecified atom stereocenters. The number of sulfonamides is 1. The van der Waals surface area contributed by atoms with E-state index in [1.807, 2.05) is 25.3 Å². The SMILES string of the molecule is CN=C(NCCc1ncc(C)s1)NCc1ccccc1S(=O)(=O)N1CCCCC1. The molecule has 0 aliphatic carbocycles. The number of rotatable bonds is 7. The van der Waals surface area contributed by atoms with E-state index in [2.05, 4.69) is 20.6 Å². The van der Waals surface area contributed by atoms with Gasteiger partial charge in [-0.25, -0.2) is 13.4 Å². The van der Waals surface area contributed by atoms with Crippen molar-refractivity contribution in [2.45, 2.75) is 44.0 Å². The van der Waals surface area contributed by atoms with Gasteiger partial charge in [0.25, 0.3) is 0 Å². The molecule has 2 aromatic rings. The van der Waals surface area contributed by atoms with Crippen molar-refractivity contribution in [2.24, 2.45) is 4.99 Å². The van der Waals surface area contributed by atoms with Crippen LogP contribution >= 0.6 is 11.3 Å². The highest BCUT2D eigenvalue weighted by Gasteiger charge is 2.27. The number of nitrogens with zero attached hydrogens (tertiary/aromatic N) is 3. The highest BCUT2D eigenvalue weighted by atomic mass is 32.2. The van der Waals surface area contributed by atoms with Gasteiger partial charge in [-0.3, -0.25) is 4.99 Å². The lowest BCUT2D eigenvalue weighted by Gasteiger charge is -2.27. The summed E-state index contributed by atoms with van der Waals surface area (Å²) >= 11 is 1.69. The summed E-state index contributed by atoms with van der Waals surface area (Å²) in [6, 6.07) is 7.20. The van der Waals surface area contributed by atoms with Crippen LogP contribution in [-0.2, 0) is 23.0 Å². The first-order chi connectivity index (χ1) is 14.0. The zero-order valence-electron chi connectivity index (χ0n) is 17.0. The molecular weight excluding hydrogens is 406 g/mol. The van der Waals surface area contributed by atoms with Gasteiger partial charge in [-0.2, -0.15) is 4.31 Å². The molecule has 2 heterocycles. The van der Waals surface area contributed by atoms with Crippen molar-refractivity contribution in [2.75, 3.05) is 26.7 Å². The zero-order chi connectivity index (χ0) is 20.7. The number of benzene rings is 1. The van der Waals surface area contributed by atoms with Gasteiger partial charge in [0.15, 0.2) is 5.96 Å². The van der Waals surface area contributed by atoms with Gasteiger partial charge in [-0.15, -0.1) is 11.3 Å². The number of piperidine rings is 1. The fourth-order valence-corrected chi connectivity index (χ4v) is 5.88. The summed E-state index contributed by atoms with van der Waals surface area (Å²) in [6.07, 6.45) is 5.65. The van der Waals surface area contributed by atoms with Gasteiger partial charge in [0.05, 0.1) is 9.90 Å². The van der Waals surface area contributed by atoms with Crippen LogP contribution in [0.2, 0.25) is 0 Å². The summed E-state index contributed by atoms with van der Waals surface area (Å²) < 4.78 is 27.8. The third kappa shape index (κ3) is 5.77. The molecule has 3 rings (SSSR count). The molecule has 0 bridgehead atoms. The highest BCUT2D eigenvalue weighted by Crippen LogP contribution is 2.23. The summed E-state index contributed by atoms with van der Waals surface area (Å²) in [5.41, 5.74) is 0.747. The summed E-state index contributed by atoms with van der Waals surface area (Å²) in [6.45, 7) is 4.34. The van der Waals surface area contributed by atoms with E-state index in [0.29, 0.717) is 37.0 Å². The van der Waals surface area contributed by atoms with Crippen molar-refractivity contribution in [3.05, 3.63) is 45.9 Å². The monoisotopic (exact) mass is 435 g/mol. The summed E-state index contributed by atoms with van der Waals surface area (Å²) in [7, 11) is -1.76. The van der Waals surface area contributed by atoms with Gasteiger partial charge < -0.3 is 10.6 Å². The van der Waals surface area contributed by atoms with Crippen LogP contribution in [0.3, 0.4) is 0 Å². The van der Waals surface area contributed by atoms with Crippen molar-refractivity contribution >= 4 is 27.3 Å². The van der Waals surface area contributed by atoms with Gasteiger partial charge in [0.1, 0.15) is 0 Å². The lowest BCUT2D eigenvalue weighted by atomic mass is 10.2. The molecule has 0 atom stereocenters. The molecule has 158 valence electrons. The zero-order valence-corrected chi connectivity index (χ0v) is 18.7. The molecule has 1 aromatic heterocycles. The molecule has 1 aromatic carbocycles. The molecule has 0 amide bonds. The van der Waals surface area contributed by atoms with Crippen molar-refractivity contribution in [3.63, 3.8) is 0 Å². The maximum atomic E-state index is 13.1. The van der Waals surface area contributed by atoms with E-state index >= 15 is 0 Å². The topological polar surface area (TPSA) is 86.7 Å². The molecule has 1 aliphatic rings. The number of aliphatic imine (C=N–C) groups is 1. The van der Waals surface area contributed by atoms with Gasteiger partial charge in [-0.1, -0.05) is 24.6 Å². The molecule has 29 heavy (non-hydrogen) atoms. The van der Waals surface area contributed by atoms with Crippen LogP contribution in [0.5, 0.6) is 0 Å². The fraction of sp³-hybridized carbons (Fsp3) is 0.500. The predicted molar refractivity (Wildman–Crippen MR) is 118 cm³/mol. The Hall–Kier alpha value is -1.97. The van der Waals surface area contributed by atoms with Crippen LogP contribution in [0.25, 0.3) is 0 Å². The first-order valence-electron chi connectivity index (χ1n) is 9.94. The van der Waals surface area contributed by atoms with E-state index in [4.69, 9.17) is 0 Å². The second-order valence-electron chi connectivity index (χ2n) is 7.04. The number of aryl methyl sites for hydroxylation is 1. The first-order valence-corrected chi connectivity index (χ1v) is 12.2. The van der Waals surface area contributed by atoms with Crippen LogP contribution < -0.4 is 10.6 Å². The normalized spacial score (nSPS) is 16.0. The predicted octanol–water partition coefficient (Wildman–Crippen LogP) is 2.53. The average Bonchev–Trinajstić information content (AvgIpc) is 3.16. The maximum absolute atomic E-state index is 13.1. The smallest absolute Gasteiger partial charge is 0.243 e. The minimum atomic E-state index is -3.47. The van der Waals surface area contributed by atoms with Crippen LogP contribution in [0.4, 0.5) is 0 Å². The van der Waals surface area contributed by atoms with E-state index < -0.39 is 10.0 Å². The Morgan fingerprint density at radius 2 is 1.97 bits per heavy atom. The highest BCUT2D eigenvalue weighted by molar-refractivity contribution is 7.89. The number of guanidine groups is 1. The molecule has 1 saturated heterocycles. The third-order valence-electron chi connectivity index (χ3n) is 4.88. The van der Waals surface area contributed by atoms with E-state index in [1.165, 1.54) is 4.88 Å². The second kappa shape index (κ2) is 10.2. The lowest BCUT2D eigenvalue weighted by Crippen LogP contribution is -2.39. The van der Waals surface area contributed by atoms with Crippen molar-refractivity contribution in [1.29, 1.82) is 0 Å². The molecule has 0 saturated carbocycles. The Balaban J connectivity index is 1.61. The van der Waals surface area contributed by atoms with Crippen LogP contribution in [0.1, 0.15) is 34.7 Å². The summed E-state index contributed by atoms with van der Waals surface area (Å²) in [5, 5.41) is 7.58. The largest absolute Gasteiger partial charge is 0.356 e. The Morgan fingerprint density at radius 3 is 2.66 bits per heavy atom. The Morgan fingerprint density at radius 1 is 1.21 bits per heavy atom. The Bertz CT molecular complexity index is 934. The van der Waals surface area contributed by atoms with Gasteiger partial charge in [-0.05, 0) is 31.4 Å². The Kier molecular flexibility index (Phi) is 7.63. The van der Waals surface area contributed by atoms with Crippen molar-refractivity contribution < 1.29 is 8.42 Å². The van der Waals surface area contributed by atoms with E-state index in [0.717, 1.165) is 36.3 Å². The van der Waals surface area contributed by atoms with E-state index in [9.17, 15) is 8.42 Å². The fourth-order valence-electron chi connectivity index (χ4n) is 3.35. The number of hydrogen-bond acceptors (Lipinski definition) is 5. The molecule has 0 spiro atoms. The maximum Gasteiger partial charge on any atom is 0.243 e. The molecule has 1 fully saturated rings. The minimum absolute atomic E-state index is 0.378. The number of thiazole rings is 1. The standard InChI is InChI=1S/C20H29N5O2S2/c1-16-14-23-19(28-16)10-11-22-20(21-2)24-15-17-8-4-5-9-18(17)29(26,27)25-12-6-3-7-13-25/h4-5,8-9,14H,3,6-7,10-13,15H2,1-2H3,(H2,21,22,24). The van der Waals surface area contributed by atoms with Crippen LogP contribution in [0.15, 0.2) is 40.4 Å². The summed E-state index contributed by atoms with van der Waals surface area (Å²) in [5.74, 6) is 0.642. The molecule has 2 N–H and O–H groups in total. The van der Waals surface area contributed by atoms with Crippen LogP contribution in [0, 0.1) is 6.92 Å². The third-order valence-corrected chi connectivity index (χ3v) is 7.85. The van der Waals surface area contributed by atoms with Gasteiger partial charge >= 0.3 is 0 Å². The summed E-state index contributed by atoms with van der Waals surface area (Å²) in [4.78, 5) is 10.2. The van der Waals surface area contributed by atoms with Gasteiger partial charge in [0, 0.05) is 50.7 Å². The van der Waals surface area contributed by atoms with Crippen molar-refractivity contribution in [3.8, 4) is 0 Å². The first kappa shape index (κ1) is 21.7. The quantitative estimate of drug-likeness (QED) is 0.516. The molecule has 0 radical (unpaired) electrons. The van der Waals surface area contributed by atoms with E-state index in [-0.39, 0.29) is 0 Å². The Labute approximate surface area is 177 Å². The average molecular weight is 436 g/mol. The number of nitrogens with one attached hydrogen (secondary N) is 2. The lowest BCUT2D eigenvalue weighted by molar-refractivity contribution is 0.346.